The Hall–Kier alpha value is -0.940. The van der Waals surface area contributed by atoms with Crippen molar-refractivity contribution in [2.45, 2.75) is 17.3 Å². The van der Waals surface area contributed by atoms with Gasteiger partial charge in [0.1, 0.15) is 0 Å². The molecule has 0 spiro atoms. The van der Waals surface area contributed by atoms with Crippen LogP contribution in [0.5, 0.6) is 0 Å². The Labute approximate surface area is 98.5 Å². The van der Waals surface area contributed by atoms with Crippen molar-refractivity contribution < 1.29 is 13.2 Å². The second kappa shape index (κ2) is 4.93. The van der Waals surface area contributed by atoms with Gasteiger partial charge in [-0.15, -0.1) is 11.8 Å². The van der Waals surface area contributed by atoms with Crippen molar-refractivity contribution in [3.8, 4) is 6.07 Å². The van der Waals surface area contributed by atoms with E-state index in [2.05, 4.69) is 4.98 Å². The van der Waals surface area contributed by atoms with Gasteiger partial charge < -0.3 is 5.73 Å². The van der Waals surface area contributed by atoms with Crippen LogP contribution in [-0.4, -0.2) is 16.9 Å². The number of nitrogens with zero attached hydrogens (tertiary/aromatic N) is 2. The fraction of sp³-hybridized carbons (Fsp3) is 0.500. The summed E-state index contributed by atoms with van der Waals surface area (Å²) in [6.45, 7) is 1.67. The van der Waals surface area contributed by atoms with E-state index < -0.39 is 12.1 Å². The molecule has 88 valence electrons. The molecule has 0 saturated heterocycles. The zero-order valence-corrected chi connectivity index (χ0v) is 9.84. The summed E-state index contributed by atoms with van der Waals surface area (Å²) in [7, 11) is 0. The fourth-order valence-electron chi connectivity index (χ4n) is 0.900. The molecule has 1 heterocycles. The summed E-state index contributed by atoms with van der Waals surface area (Å²) in [4.78, 5) is 3.89. The third kappa shape index (κ3) is 3.28. The quantitative estimate of drug-likeness (QED) is 0.855. The van der Waals surface area contributed by atoms with E-state index in [0.717, 1.165) is 23.1 Å². The van der Waals surface area contributed by atoms with Gasteiger partial charge in [-0.2, -0.15) is 18.4 Å². The highest BCUT2D eigenvalue weighted by Crippen LogP contribution is 2.35. The molecular weight excluding hydrogens is 259 g/mol. The first-order valence-electron chi connectivity index (χ1n) is 4.16. The van der Waals surface area contributed by atoms with E-state index >= 15 is 0 Å². The second-order valence-electron chi connectivity index (χ2n) is 2.96. The summed E-state index contributed by atoms with van der Waals surface area (Å²) in [5, 5.41) is 8.71. The van der Waals surface area contributed by atoms with Crippen molar-refractivity contribution in [3.05, 3.63) is 5.69 Å². The van der Waals surface area contributed by atoms with Crippen LogP contribution in [0.2, 0.25) is 0 Å². The first-order chi connectivity index (χ1) is 7.34. The van der Waals surface area contributed by atoms with Crippen molar-refractivity contribution in [1.82, 2.24) is 4.98 Å². The number of rotatable bonds is 3. The Kier molecular flexibility index (Phi) is 4.04. The summed E-state index contributed by atoms with van der Waals surface area (Å²) in [5.74, 6) is -2.29. The predicted molar refractivity (Wildman–Crippen MR) is 57.1 cm³/mol. The number of aromatic nitrogens is 1. The molecule has 8 heteroatoms. The van der Waals surface area contributed by atoms with E-state index in [0.29, 0.717) is 15.0 Å². The van der Waals surface area contributed by atoms with Gasteiger partial charge in [0.2, 0.25) is 0 Å². The van der Waals surface area contributed by atoms with Gasteiger partial charge in [-0.25, -0.2) is 4.98 Å². The number of halogens is 3. The van der Waals surface area contributed by atoms with Crippen molar-refractivity contribution in [2.75, 3.05) is 11.5 Å². The molecule has 0 aliphatic heterocycles. The Morgan fingerprint density at radius 3 is 2.62 bits per heavy atom. The van der Waals surface area contributed by atoms with Crippen molar-refractivity contribution in [3.63, 3.8) is 0 Å². The molecule has 3 nitrogen and oxygen atoms in total. The van der Waals surface area contributed by atoms with Crippen molar-refractivity contribution in [2.24, 2.45) is 5.92 Å². The maximum absolute atomic E-state index is 12.3. The number of hydrogen-bond acceptors (Lipinski definition) is 5. The number of thiazole rings is 1. The number of hydrogen-bond donors (Lipinski definition) is 1. The SMILES string of the molecule is Cc1nc(N)sc1SCC(C#N)C(F)(F)F. The number of nitrogen functional groups attached to an aromatic ring is 1. The first-order valence-corrected chi connectivity index (χ1v) is 5.97. The molecule has 0 aliphatic carbocycles. The second-order valence-corrected chi connectivity index (χ2v) is 5.28. The maximum atomic E-state index is 12.3. The van der Waals surface area contributed by atoms with Crippen LogP contribution in [0.4, 0.5) is 18.3 Å². The normalized spacial score (nSPS) is 13.4. The number of aryl methyl sites for hydroxylation is 1. The average Bonchev–Trinajstić information content (AvgIpc) is 2.44. The molecule has 2 N–H and O–H groups in total. The van der Waals surface area contributed by atoms with Gasteiger partial charge >= 0.3 is 6.18 Å². The number of anilines is 1. The third-order valence-electron chi connectivity index (χ3n) is 1.70. The molecule has 0 radical (unpaired) electrons. The Morgan fingerprint density at radius 1 is 1.62 bits per heavy atom. The van der Waals surface area contributed by atoms with Crippen molar-refractivity contribution in [1.29, 1.82) is 5.26 Å². The van der Waals surface area contributed by atoms with Gasteiger partial charge in [0.05, 0.1) is 16.0 Å². The fourth-order valence-corrected chi connectivity index (χ4v) is 3.00. The summed E-state index contributed by atoms with van der Waals surface area (Å²) < 4.78 is 37.4. The number of thioether (sulfide) groups is 1. The Bertz CT molecular complexity index is 408. The Morgan fingerprint density at radius 2 is 2.25 bits per heavy atom. The lowest BCUT2D eigenvalue weighted by Crippen LogP contribution is -2.23. The van der Waals surface area contributed by atoms with E-state index in [4.69, 9.17) is 11.0 Å². The molecule has 1 aromatic heterocycles. The minimum absolute atomic E-state index is 0.320. The van der Waals surface area contributed by atoms with Crippen LogP contribution in [0.25, 0.3) is 0 Å². The molecule has 0 aliphatic rings. The number of nitriles is 1. The van der Waals surface area contributed by atoms with Gasteiger partial charge in [0.15, 0.2) is 11.0 Å². The molecule has 0 bridgehead atoms. The molecule has 1 aromatic rings. The largest absolute Gasteiger partial charge is 0.405 e. The minimum Gasteiger partial charge on any atom is -0.375 e. The average molecular weight is 267 g/mol. The van der Waals surface area contributed by atoms with Gasteiger partial charge in [-0.05, 0) is 6.92 Å². The van der Waals surface area contributed by atoms with Crippen LogP contribution < -0.4 is 5.73 Å². The smallest absolute Gasteiger partial charge is 0.375 e. The Balaban J connectivity index is 2.64. The van der Waals surface area contributed by atoms with Gasteiger partial charge in [-0.1, -0.05) is 11.3 Å². The third-order valence-corrected chi connectivity index (χ3v) is 4.15. The highest BCUT2D eigenvalue weighted by molar-refractivity contribution is 8.01. The van der Waals surface area contributed by atoms with E-state index in [9.17, 15) is 13.2 Å². The van der Waals surface area contributed by atoms with E-state index in [-0.39, 0.29) is 5.75 Å². The van der Waals surface area contributed by atoms with Crippen LogP contribution >= 0.6 is 23.1 Å². The molecule has 0 aromatic carbocycles. The number of nitrogens with two attached hydrogens (primary N) is 1. The lowest BCUT2D eigenvalue weighted by Gasteiger charge is -2.11. The molecular formula is C8H8F3N3S2. The number of alkyl halides is 3. The van der Waals surface area contributed by atoms with E-state index in [1.54, 1.807) is 6.92 Å². The molecule has 0 saturated carbocycles. The molecule has 0 amide bonds. The topological polar surface area (TPSA) is 62.7 Å². The standard InChI is InChI=1S/C8H8F3N3S2/c1-4-6(16-7(13)14-4)15-3-5(2-12)8(9,10)11/h5H,3H2,1H3,(H2,13,14). The zero-order chi connectivity index (χ0) is 12.3. The summed E-state index contributed by atoms with van der Waals surface area (Å²) in [5.41, 5.74) is 6.01. The highest BCUT2D eigenvalue weighted by atomic mass is 32.2. The predicted octanol–water partition coefficient (Wildman–Crippen LogP) is 2.83. The molecule has 0 fully saturated rings. The van der Waals surface area contributed by atoms with Crippen molar-refractivity contribution >= 4 is 28.2 Å². The van der Waals surface area contributed by atoms with Gasteiger partial charge in [0, 0.05) is 5.75 Å². The molecule has 1 unspecified atom stereocenters. The summed E-state index contributed by atoms with van der Waals surface area (Å²) >= 11 is 2.09. The molecule has 1 rings (SSSR count). The van der Waals surface area contributed by atoms with Crippen LogP contribution in [0.15, 0.2) is 4.21 Å². The molecule has 16 heavy (non-hydrogen) atoms. The van der Waals surface area contributed by atoms with E-state index in [1.807, 2.05) is 0 Å². The summed E-state index contributed by atoms with van der Waals surface area (Å²) in [6.07, 6.45) is -4.48. The van der Waals surface area contributed by atoms with Crippen LogP contribution in [0.3, 0.4) is 0 Å². The lowest BCUT2D eigenvalue weighted by molar-refractivity contribution is -0.152. The first kappa shape index (κ1) is 13.1. The van der Waals surface area contributed by atoms with Gasteiger partial charge in [0.25, 0.3) is 0 Å². The maximum Gasteiger partial charge on any atom is 0.405 e. The van der Waals surface area contributed by atoms with Gasteiger partial charge in [-0.3, -0.25) is 0 Å². The monoisotopic (exact) mass is 267 g/mol. The summed E-state index contributed by atoms with van der Waals surface area (Å²) in [6, 6.07) is 1.25. The van der Waals surface area contributed by atoms with Crippen LogP contribution in [0, 0.1) is 24.2 Å². The zero-order valence-electron chi connectivity index (χ0n) is 8.21. The van der Waals surface area contributed by atoms with E-state index in [1.165, 1.54) is 6.07 Å². The minimum atomic E-state index is -4.48. The highest BCUT2D eigenvalue weighted by Gasteiger charge is 2.39. The van der Waals surface area contributed by atoms with Crippen LogP contribution in [0.1, 0.15) is 5.69 Å². The molecule has 1 atom stereocenters. The van der Waals surface area contributed by atoms with Crippen LogP contribution in [-0.2, 0) is 0 Å². The lowest BCUT2D eigenvalue weighted by atomic mass is 10.2.